The molecule has 0 spiro atoms. The third-order valence-electron chi connectivity index (χ3n) is 5.54. The lowest BCUT2D eigenvalue weighted by Gasteiger charge is -2.30. The molecule has 1 saturated heterocycles. The maximum Gasteiger partial charge on any atom is 0.251 e. The SMILES string of the molecule is CC(C)(C)c1ccc(C(=O)NCCC(=O)N[C@H]2CCO[C@H](c3ccc(F)cc3)C2)cc1. The average molecular weight is 427 g/mol. The molecule has 31 heavy (non-hydrogen) atoms. The standard InChI is InChI=1S/C25H31FN2O3/c1-25(2,3)19-8-4-18(5-9-19)24(30)27-14-12-23(29)28-21-13-15-31-22(16-21)17-6-10-20(26)11-7-17/h4-11,21-22H,12-16H2,1-3H3,(H,27,30)(H,28,29)/t21-,22-/m0/s1. The fourth-order valence-electron chi connectivity index (χ4n) is 3.65. The number of benzene rings is 2. The summed E-state index contributed by atoms with van der Waals surface area (Å²) in [7, 11) is 0. The first-order valence-electron chi connectivity index (χ1n) is 10.8. The molecule has 1 aliphatic rings. The molecule has 6 heteroatoms. The van der Waals surface area contributed by atoms with Crippen molar-refractivity contribution in [3.63, 3.8) is 0 Å². The molecule has 3 rings (SSSR count). The van der Waals surface area contributed by atoms with E-state index in [1.165, 1.54) is 17.7 Å². The van der Waals surface area contributed by atoms with Crippen molar-refractivity contribution in [1.82, 2.24) is 10.6 Å². The molecule has 1 heterocycles. The van der Waals surface area contributed by atoms with Gasteiger partial charge in [-0.15, -0.1) is 0 Å². The summed E-state index contributed by atoms with van der Waals surface area (Å²) in [4.78, 5) is 24.6. The fraction of sp³-hybridized carbons (Fsp3) is 0.440. The van der Waals surface area contributed by atoms with Crippen molar-refractivity contribution in [2.75, 3.05) is 13.2 Å². The molecule has 2 N–H and O–H groups in total. The van der Waals surface area contributed by atoms with Crippen molar-refractivity contribution >= 4 is 11.8 Å². The van der Waals surface area contributed by atoms with Gasteiger partial charge >= 0.3 is 0 Å². The van der Waals surface area contributed by atoms with E-state index in [0.717, 1.165) is 12.0 Å². The van der Waals surface area contributed by atoms with Gasteiger partial charge in [0.25, 0.3) is 5.91 Å². The molecular weight excluding hydrogens is 395 g/mol. The molecule has 2 aromatic rings. The first-order chi connectivity index (χ1) is 14.7. The van der Waals surface area contributed by atoms with Crippen molar-refractivity contribution in [1.29, 1.82) is 0 Å². The van der Waals surface area contributed by atoms with Gasteiger partial charge in [0.15, 0.2) is 0 Å². The number of ether oxygens (including phenoxy) is 1. The molecule has 0 radical (unpaired) electrons. The van der Waals surface area contributed by atoms with Crippen LogP contribution in [0.3, 0.4) is 0 Å². The number of carbonyl (C=O) groups excluding carboxylic acids is 2. The van der Waals surface area contributed by atoms with Crippen LogP contribution in [0.25, 0.3) is 0 Å². The highest BCUT2D eigenvalue weighted by Crippen LogP contribution is 2.28. The quantitative estimate of drug-likeness (QED) is 0.725. The van der Waals surface area contributed by atoms with Gasteiger partial charge in [-0.2, -0.15) is 0 Å². The smallest absolute Gasteiger partial charge is 0.251 e. The maximum absolute atomic E-state index is 13.1. The Balaban J connectivity index is 1.42. The second kappa shape index (κ2) is 10.1. The van der Waals surface area contributed by atoms with Crippen molar-refractivity contribution in [3.05, 3.63) is 71.0 Å². The molecule has 0 aliphatic carbocycles. The van der Waals surface area contributed by atoms with E-state index in [0.29, 0.717) is 18.6 Å². The van der Waals surface area contributed by atoms with Gasteiger partial charge in [-0.05, 0) is 53.6 Å². The first kappa shape index (κ1) is 22.9. The highest BCUT2D eigenvalue weighted by molar-refractivity contribution is 5.94. The van der Waals surface area contributed by atoms with Crippen LogP contribution in [0, 0.1) is 5.82 Å². The zero-order valence-corrected chi connectivity index (χ0v) is 18.4. The van der Waals surface area contributed by atoms with Gasteiger partial charge in [0.1, 0.15) is 5.82 Å². The molecule has 2 atom stereocenters. The second-order valence-corrected chi connectivity index (χ2v) is 9.03. The van der Waals surface area contributed by atoms with E-state index in [9.17, 15) is 14.0 Å². The zero-order valence-electron chi connectivity index (χ0n) is 18.4. The Hall–Kier alpha value is -2.73. The molecule has 2 amide bonds. The van der Waals surface area contributed by atoms with Crippen molar-refractivity contribution in [3.8, 4) is 0 Å². The average Bonchev–Trinajstić information content (AvgIpc) is 2.74. The minimum absolute atomic E-state index is 0.00283. The Bertz CT molecular complexity index is 888. The molecule has 166 valence electrons. The molecule has 2 aromatic carbocycles. The van der Waals surface area contributed by atoms with Crippen LogP contribution in [0.15, 0.2) is 48.5 Å². The molecule has 0 saturated carbocycles. The second-order valence-electron chi connectivity index (χ2n) is 9.03. The van der Waals surface area contributed by atoms with Crippen LogP contribution in [0.5, 0.6) is 0 Å². The highest BCUT2D eigenvalue weighted by Gasteiger charge is 2.25. The molecular formula is C25H31FN2O3. The third-order valence-corrected chi connectivity index (χ3v) is 5.54. The minimum Gasteiger partial charge on any atom is -0.373 e. The van der Waals surface area contributed by atoms with Crippen LogP contribution in [0.2, 0.25) is 0 Å². The number of amides is 2. The summed E-state index contributed by atoms with van der Waals surface area (Å²) in [6.45, 7) is 7.19. The monoisotopic (exact) mass is 426 g/mol. The number of rotatable bonds is 6. The summed E-state index contributed by atoms with van der Waals surface area (Å²) < 4.78 is 18.9. The van der Waals surface area contributed by atoms with Gasteiger partial charge in [0.05, 0.1) is 6.10 Å². The molecule has 1 fully saturated rings. The van der Waals surface area contributed by atoms with Gasteiger partial charge < -0.3 is 15.4 Å². The van der Waals surface area contributed by atoms with Crippen LogP contribution >= 0.6 is 0 Å². The van der Waals surface area contributed by atoms with Gasteiger partial charge in [-0.3, -0.25) is 9.59 Å². The molecule has 0 aromatic heterocycles. The van der Waals surface area contributed by atoms with E-state index in [1.807, 2.05) is 24.3 Å². The number of nitrogens with one attached hydrogen (secondary N) is 2. The summed E-state index contributed by atoms with van der Waals surface area (Å²) in [5.41, 5.74) is 2.69. The maximum atomic E-state index is 13.1. The van der Waals surface area contributed by atoms with Crippen molar-refractivity contribution in [2.24, 2.45) is 0 Å². The summed E-state index contributed by atoms with van der Waals surface area (Å²) in [5, 5.41) is 5.83. The summed E-state index contributed by atoms with van der Waals surface area (Å²) in [5.74, 6) is -0.569. The lowest BCUT2D eigenvalue weighted by atomic mass is 9.87. The molecule has 0 bridgehead atoms. The zero-order chi connectivity index (χ0) is 22.4. The van der Waals surface area contributed by atoms with Crippen LogP contribution in [0.4, 0.5) is 4.39 Å². The predicted octanol–water partition coefficient (Wildman–Crippen LogP) is 4.28. The van der Waals surface area contributed by atoms with Gasteiger partial charge in [0, 0.05) is 31.2 Å². The van der Waals surface area contributed by atoms with Crippen molar-refractivity contribution in [2.45, 2.75) is 57.6 Å². The van der Waals surface area contributed by atoms with E-state index < -0.39 is 0 Å². The normalized spacial score (nSPS) is 19.0. The van der Waals surface area contributed by atoms with Gasteiger partial charge in [-0.25, -0.2) is 4.39 Å². The fourth-order valence-corrected chi connectivity index (χ4v) is 3.65. The van der Waals surface area contributed by atoms with Crippen molar-refractivity contribution < 1.29 is 18.7 Å². The Labute approximate surface area is 183 Å². The Morgan fingerprint density at radius 1 is 1.06 bits per heavy atom. The first-order valence-corrected chi connectivity index (χ1v) is 10.8. The summed E-state index contributed by atoms with van der Waals surface area (Å²) in [6.07, 6.45) is 1.43. The van der Waals surface area contributed by atoms with Gasteiger partial charge in [0.2, 0.25) is 5.91 Å². The van der Waals surface area contributed by atoms with Gasteiger partial charge in [-0.1, -0.05) is 45.0 Å². The number of carbonyl (C=O) groups is 2. The Morgan fingerprint density at radius 3 is 2.39 bits per heavy atom. The van der Waals surface area contributed by atoms with Crippen LogP contribution < -0.4 is 10.6 Å². The Kier molecular flexibility index (Phi) is 7.44. The minimum atomic E-state index is -0.281. The van der Waals surface area contributed by atoms with E-state index >= 15 is 0 Å². The van der Waals surface area contributed by atoms with Crippen LogP contribution in [-0.4, -0.2) is 31.0 Å². The third kappa shape index (κ3) is 6.62. The van der Waals surface area contributed by atoms with Crippen LogP contribution in [0.1, 0.15) is 67.6 Å². The molecule has 0 unspecified atom stereocenters. The summed E-state index contributed by atoms with van der Waals surface area (Å²) >= 11 is 0. The van der Waals surface area contributed by atoms with Crippen LogP contribution in [-0.2, 0) is 14.9 Å². The van der Waals surface area contributed by atoms with E-state index in [1.54, 1.807) is 12.1 Å². The topological polar surface area (TPSA) is 67.4 Å². The molecule has 1 aliphatic heterocycles. The number of hydrogen-bond donors (Lipinski definition) is 2. The summed E-state index contributed by atoms with van der Waals surface area (Å²) in [6, 6.07) is 13.8. The number of hydrogen-bond acceptors (Lipinski definition) is 3. The highest BCUT2D eigenvalue weighted by atomic mass is 19.1. The van der Waals surface area contributed by atoms with E-state index in [2.05, 4.69) is 31.4 Å². The van der Waals surface area contributed by atoms with E-state index in [-0.39, 0.29) is 48.2 Å². The lowest BCUT2D eigenvalue weighted by Crippen LogP contribution is -2.41. The van der Waals surface area contributed by atoms with E-state index in [4.69, 9.17) is 4.74 Å². The Morgan fingerprint density at radius 2 is 1.74 bits per heavy atom. The molecule has 5 nitrogen and oxygen atoms in total. The predicted molar refractivity (Wildman–Crippen MR) is 118 cm³/mol. The number of halogens is 1. The largest absolute Gasteiger partial charge is 0.373 e. The lowest BCUT2D eigenvalue weighted by molar-refractivity contribution is -0.122.